The van der Waals surface area contributed by atoms with Crippen LogP contribution in [-0.2, 0) is 6.18 Å². The van der Waals surface area contributed by atoms with Crippen LogP contribution in [0.1, 0.15) is 5.56 Å². The third-order valence-corrected chi connectivity index (χ3v) is 1.86. The van der Waals surface area contributed by atoms with Gasteiger partial charge in [-0.3, -0.25) is 5.43 Å². The van der Waals surface area contributed by atoms with E-state index in [1.54, 1.807) is 0 Å². The summed E-state index contributed by atoms with van der Waals surface area (Å²) < 4.78 is 50.3. The Bertz CT molecular complexity index is 433. The number of nitrogens with one attached hydrogen (secondary N) is 1. The number of hydrogen-bond acceptors (Lipinski definition) is 2. The molecule has 0 bridgehead atoms. The van der Waals surface area contributed by atoms with E-state index < -0.39 is 29.3 Å². The number of anilines is 1. The highest BCUT2D eigenvalue weighted by molar-refractivity contribution is 5.67. The second-order valence-electron chi connectivity index (χ2n) is 3.14. The van der Waals surface area contributed by atoms with Gasteiger partial charge in [0.2, 0.25) is 0 Å². The number of halogens is 4. The highest BCUT2D eigenvalue weighted by Crippen LogP contribution is 2.35. The third kappa shape index (κ3) is 3.23. The number of carboxylic acid groups (broad SMARTS) is 1. The van der Waals surface area contributed by atoms with Gasteiger partial charge in [0.1, 0.15) is 5.82 Å². The Morgan fingerprint density at radius 3 is 2.47 bits per heavy atom. The summed E-state index contributed by atoms with van der Waals surface area (Å²) in [5, 5.41) is 8.89. The summed E-state index contributed by atoms with van der Waals surface area (Å²) in [7, 11) is 0.993. The lowest BCUT2D eigenvalue weighted by Gasteiger charge is -2.19. The monoisotopic (exact) mass is 252 g/mol. The first-order valence-electron chi connectivity index (χ1n) is 4.32. The van der Waals surface area contributed by atoms with Crippen molar-refractivity contribution in [3.8, 4) is 0 Å². The molecule has 0 aliphatic carbocycles. The summed E-state index contributed by atoms with van der Waals surface area (Å²) in [6.07, 6.45) is -6.20. The Morgan fingerprint density at radius 2 is 2.00 bits per heavy atom. The number of hydrazine groups is 1. The largest absolute Gasteiger partial charge is 0.464 e. The van der Waals surface area contributed by atoms with Gasteiger partial charge < -0.3 is 5.11 Å². The van der Waals surface area contributed by atoms with Crippen LogP contribution < -0.4 is 5.43 Å². The quantitative estimate of drug-likeness (QED) is 0.628. The zero-order valence-corrected chi connectivity index (χ0v) is 8.55. The van der Waals surface area contributed by atoms with E-state index >= 15 is 0 Å². The summed E-state index contributed by atoms with van der Waals surface area (Å²) in [6, 6.07) is 1.75. The molecule has 0 fully saturated rings. The van der Waals surface area contributed by atoms with Crippen molar-refractivity contribution in [2.24, 2.45) is 0 Å². The van der Waals surface area contributed by atoms with Gasteiger partial charge in [-0.2, -0.15) is 13.2 Å². The Labute approximate surface area is 93.4 Å². The molecular weight excluding hydrogens is 244 g/mol. The smallest absolute Gasteiger partial charge is 0.425 e. The molecule has 2 N–H and O–H groups in total. The van der Waals surface area contributed by atoms with E-state index in [1.165, 1.54) is 0 Å². The standard InChI is InChI=1S/C9H8F4N2O2/c1-15(8(16)17)14-7-4-5(10)2-3-6(7)9(11,12)13/h2-4,14H,1H3,(H,16,17). The number of amides is 1. The Kier molecular flexibility index (Phi) is 3.45. The molecule has 0 saturated heterocycles. The van der Waals surface area contributed by atoms with Crippen molar-refractivity contribution in [1.82, 2.24) is 5.01 Å². The van der Waals surface area contributed by atoms with Gasteiger partial charge in [-0.05, 0) is 18.2 Å². The predicted octanol–water partition coefficient (Wildman–Crippen LogP) is 2.78. The van der Waals surface area contributed by atoms with Crippen molar-refractivity contribution < 1.29 is 27.5 Å². The lowest BCUT2D eigenvalue weighted by molar-refractivity contribution is -0.137. The predicted molar refractivity (Wildman–Crippen MR) is 50.8 cm³/mol. The van der Waals surface area contributed by atoms with Crippen molar-refractivity contribution in [1.29, 1.82) is 0 Å². The molecular formula is C9H8F4N2O2. The van der Waals surface area contributed by atoms with Crippen molar-refractivity contribution in [2.75, 3.05) is 12.5 Å². The third-order valence-electron chi connectivity index (χ3n) is 1.86. The highest BCUT2D eigenvalue weighted by atomic mass is 19.4. The molecule has 4 nitrogen and oxygen atoms in total. The van der Waals surface area contributed by atoms with Gasteiger partial charge in [0.05, 0.1) is 11.3 Å². The van der Waals surface area contributed by atoms with Crippen LogP contribution in [0.3, 0.4) is 0 Å². The van der Waals surface area contributed by atoms with E-state index in [4.69, 9.17) is 5.11 Å². The summed E-state index contributed by atoms with van der Waals surface area (Å²) in [5.74, 6) is -0.903. The fraction of sp³-hybridized carbons (Fsp3) is 0.222. The van der Waals surface area contributed by atoms with E-state index in [1.807, 2.05) is 5.43 Å². The molecule has 8 heteroatoms. The van der Waals surface area contributed by atoms with Crippen LogP contribution in [-0.4, -0.2) is 23.3 Å². The van der Waals surface area contributed by atoms with Crippen molar-refractivity contribution in [3.63, 3.8) is 0 Å². The van der Waals surface area contributed by atoms with Crippen LogP contribution in [0, 0.1) is 5.82 Å². The molecule has 17 heavy (non-hydrogen) atoms. The van der Waals surface area contributed by atoms with E-state index in [0.717, 1.165) is 7.05 Å². The average Bonchev–Trinajstić information content (AvgIpc) is 2.15. The van der Waals surface area contributed by atoms with Gasteiger partial charge in [0, 0.05) is 7.05 Å². The summed E-state index contributed by atoms with van der Waals surface area (Å²) in [4.78, 5) is 10.4. The van der Waals surface area contributed by atoms with Crippen molar-refractivity contribution in [3.05, 3.63) is 29.6 Å². The van der Waals surface area contributed by atoms with Gasteiger partial charge in [-0.25, -0.2) is 14.2 Å². The van der Waals surface area contributed by atoms with Gasteiger partial charge >= 0.3 is 12.3 Å². The fourth-order valence-corrected chi connectivity index (χ4v) is 1.08. The molecule has 0 radical (unpaired) electrons. The van der Waals surface area contributed by atoms with Crippen molar-refractivity contribution >= 4 is 11.8 Å². The first-order valence-corrected chi connectivity index (χ1v) is 4.32. The molecule has 0 heterocycles. The zero-order chi connectivity index (χ0) is 13.2. The van der Waals surface area contributed by atoms with Gasteiger partial charge in [0.25, 0.3) is 0 Å². The maximum Gasteiger partial charge on any atom is 0.425 e. The second kappa shape index (κ2) is 4.48. The maximum absolute atomic E-state index is 12.8. The molecule has 0 aliphatic heterocycles. The fourth-order valence-electron chi connectivity index (χ4n) is 1.08. The molecule has 0 unspecified atom stereocenters. The van der Waals surface area contributed by atoms with Crippen LogP contribution >= 0.6 is 0 Å². The van der Waals surface area contributed by atoms with E-state index in [0.29, 0.717) is 23.2 Å². The maximum atomic E-state index is 12.8. The number of alkyl halides is 3. The SMILES string of the molecule is CN(Nc1cc(F)ccc1C(F)(F)F)C(=O)O. The molecule has 1 amide bonds. The van der Waals surface area contributed by atoms with Gasteiger partial charge in [-0.1, -0.05) is 0 Å². The minimum Gasteiger partial charge on any atom is -0.464 e. The van der Waals surface area contributed by atoms with Crippen LogP contribution in [0.15, 0.2) is 18.2 Å². The second-order valence-corrected chi connectivity index (χ2v) is 3.14. The Balaban J connectivity index is 3.12. The molecule has 0 saturated carbocycles. The highest BCUT2D eigenvalue weighted by Gasteiger charge is 2.34. The molecule has 1 aromatic carbocycles. The lowest BCUT2D eigenvalue weighted by Crippen LogP contribution is -2.31. The first kappa shape index (κ1) is 13.1. The van der Waals surface area contributed by atoms with Crippen LogP contribution in [0.25, 0.3) is 0 Å². The number of benzene rings is 1. The molecule has 1 rings (SSSR count). The number of nitrogens with zero attached hydrogens (tertiary/aromatic N) is 1. The van der Waals surface area contributed by atoms with E-state index in [2.05, 4.69) is 0 Å². The topological polar surface area (TPSA) is 52.6 Å². The van der Waals surface area contributed by atoms with Gasteiger partial charge in [-0.15, -0.1) is 0 Å². The normalized spacial score (nSPS) is 11.1. The average molecular weight is 252 g/mol. The Morgan fingerprint density at radius 1 is 1.41 bits per heavy atom. The molecule has 0 spiro atoms. The summed E-state index contributed by atoms with van der Waals surface area (Å²) >= 11 is 0. The molecule has 1 aromatic rings. The van der Waals surface area contributed by atoms with Crippen molar-refractivity contribution in [2.45, 2.75) is 6.18 Å². The minimum atomic E-state index is -4.70. The lowest BCUT2D eigenvalue weighted by atomic mass is 10.1. The first-order chi connectivity index (χ1) is 7.71. The van der Waals surface area contributed by atoms with E-state index in [-0.39, 0.29) is 0 Å². The molecule has 0 atom stereocenters. The Hall–Kier alpha value is -1.99. The molecule has 94 valence electrons. The molecule has 0 aliphatic rings. The number of rotatable bonds is 2. The van der Waals surface area contributed by atoms with E-state index in [9.17, 15) is 22.4 Å². The minimum absolute atomic E-state index is 0.393. The van der Waals surface area contributed by atoms with Crippen LogP contribution in [0.4, 0.5) is 28.0 Å². The summed E-state index contributed by atoms with van der Waals surface area (Å²) in [6.45, 7) is 0. The molecule has 0 aromatic heterocycles. The number of carbonyl (C=O) groups is 1. The zero-order valence-electron chi connectivity index (χ0n) is 8.55. The number of hydrogen-bond donors (Lipinski definition) is 2. The van der Waals surface area contributed by atoms with Crippen LogP contribution in [0.5, 0.6) is 0 Å². The van der Waals surface area contributed by atoms with Gasteiger partial charge in [0.15, 0.2) is 0 Å². The van der Waals surface area contributed by atoms with Crippen LogP contribution in [0.2, 0.25) is 0 Å². The summed E-state index contributed by atoms with van der Waals surface area (Å²) in [5.41, 5.74) is 0.120.